The van der Waals surface area contributed by atoms with Crippen LogP contribution in [0.5, 0.6) is 0 Å². The largest absolute Gasteiger partial charge is 0.292 e. The summed E-state index contributed by atoms with van der Waals surface area (Å²) in [5.74, 6) is 0. The summed E-state index contributed by atoms with van der Waals surface area (Å²) >= 11 is 6.87. The number of hydrogen-bond donors (Lipinski definition) is 0. The molecule has 0 aliphatic heterocycles. The van der Waals surface area contributed by atoms with Gasteiger partial charge in [0.05, 0.1) is 16.6 Å². The minimum Gasteiger partial charge on any atom is -0.292 e. The molecule has 0 saturated carbocycles. The Balaban J connectivity index is 1.29. The first-order valence-corrected chi connectivity index (χ1v) is 22.3. The van der Waals surface area contributed by atoms with E-state index in [1.807, 2.05) is 0 Å². The summed E-state index contributed by atoms with van der Waals surface area (Å²) < 4.78 is 2.40. The first-order valence-electron chi connectivity index (χ1n) is 18.2. The number of aromatic nitrogens is 2. The van der Waals surface area contributed by atoms with Crippen LogP contribution < -0.4 is 31.8 Å². The standard InChI is InChI=1S/C49H34N2P2S/c54-53(40-22-12-4-13-23-40,41-24-14-5-15-25-41)42-28-30-44-43-29-27-39(52(37-18-8-2-9-19-37)38-20-10-3-11-21-38)33-45(43)49-50-46-31-26-36(35-16-6-1-7-17-35)32-48(46)51(49)47(44)34-42/h1-34H. The predicted molar refractivity (Wildman–Crippen MR) is 238 cm³/mol. The molecule has 0 amide bonds. The van der Waals surface area contributed by atoms with Crippen molar-refractivity contribution in [1.82, 2.24) is 9.38 Å². The first kappa shape index (κ1) is 32.9. The Morgan fingerprint density at radius 1 is 0.407 bits per heavy atom. The van der Waals surface area contributed by atoms with Crippen molar-refractivity contribution in [3.8, 4) is 11.1 Å². The Kier molecular flexibility index (Phi) is 8.30. The van der Waals surface area contributed by atoms with Gasteiger partial charge in [-0.05, 0) is 80.5 Å². The molecule has 0 bridgehead atoms. The van der Waals surface area contributed by atoms with Crippen molar-refractivity contribution in [1.29, 1.82) is 0 Å². The highest BCUT2D eigenvalue weighted by Gasteiger charge is 2.26. The predicted octanol–water partition coefficient (Wildman–Crippen LogP) is 9.97. The Hall–Kier alpha value is -5.69. The van der Waals surface area contributed by atoms with E-state index in [1.165, 1.54) is 48.4 Å². The Morgan fingerprint density at radius 2 is 0.963 bits per heavy atom. The molecule has 0 radical (unpaired) electrons. The number of benzene rings is 8. The van der Waals surface area contributed by atoms with Gasteiger partial charge in [-0.3, -0.25) is 4.40 Å². The van der Waals surface area contributed by atoms with E-state index in [0.717, 1.165) is 32.9 Å². The molecule has 0 fully saturated rings. The molecule has 2 aromatic heterocycles. The zero-order valence-electron chi connectivity index (χ0n) is 29.3. The van der Waals surface area contributed by atoms with Crippen molar-refractivity contribution in [2.75, 3.05) is 0 Å². The molecule has 0 aliphatic carbocycles. The molecule has 0 saturated heterocycles. The number of rotatable bonds is 7. The van der Waals surface area contributed by atoms with E-state index in [4.69, 9.17) is 16.8 Å². The molecule has 0 spiro atoms. The molecule has 0 N–H and O–H groups in total. The SMILES string of the molecule is S=P(c1ccccc1)(c1ccccc1)c1ccc2c3ccc(P(c4ccccc4)c4ccccc4)cc3c3nc4ccc(-c5ccccc5)cc4n3c2c1. The van der Waals surface area contributed by atoms with Crippen molar-refractivity contribution in [3.05, 3.63) is 206 Å². The molecule has 2 heterocycles. The van der Waals surface area contributed by atoms with Gasteiger partial charge in [0.25, 0.3) is 0 Å². The maximum Gasteiger partial charge on any atom is 0.146 e. The molecule has 54 heavy (non-hydrogen) atoms. The molecule has 10 rings (SSSR count). The van der Waals surface area contributed by atoms with Crippen LogP contribution in [0, 0.1) is 0 Å². The number of hydrogen-bond acceptors (Lipinski definition) is 2. The highest BCUT2D eigenvalue weighted by Crippen LogP contribution is 2.44. The number of nitrogens with zero attached hydrogens (tertiary/aromatic N) is 2. The third kappa shape index (κ3) is 5.51. The van der Waals surface area contributed by atoms with Gasteiger partial charge in [0.15, 0.2) is 0 Å². The second-order valence-corrected chi connectivity index (χ2v) is 20.2. The van der Waals surface area contributed by atoms with Crippen molar-refractivity contribution in [3.63, 3.8) is 0 Å². The van der Waals surface area contributed by atoms with Crippen LogP contribution in [0.4, 0.5) is 0 Å². The fourth-order valence-electron chi connectivity index (χ4n) is 7.85. The maximum absolute atomic E-state index is 6.87. The van der Waals surface area contributed by atoms with Gasteiger partial charge in [-0.1, -0.05) is 194 Å². The highest BCUT2D eigenvalue weighted by atomic mass is 32.4. The van der Waals surface area contributed by atoms with Crippen LogP contribution in [0.2, 0.25) is 0 Å². The molecule has 0 aliphatic rings. The van der Waals surface area contributed by atoms with Gasteiger partial charge in [0.2, 0.25) is 0 Å². The quantitative estimate of drug-likeness (QED) is 0.119. The third-order valence-electron chi connectivity index (χ3n) is 10.4. The monoisotopic (exact) mass is 744 g/mol. The molecule has 256 valence electrons. The Bertz CT molecular complexity index is 2920. The Morgan fingerprint density at radius 3 is 1.57 bits per heavy atom. The van der Waals surface area contributed by atoms with E-state index in [-0.39, 0.29) is 0 Å². The van der Waals surface area contributed by atoms with Gasteiger partial charge in [-0.2, -0.15) is 0 Å². The van der Waals surface area contributed by atoms with Crippen LogP contribution in [0.3, 0.4) is 0 Å². The lowest BCUT2D eigenvalue weighted by Crippen LogP contribution is -2.24. The van der Waals surface area contributed by atoms with E-state index in [1.54, 1.807) is 0 Å². The third-order valence-corrected chi connectivity index (χ3v) is 17.8. The van der Waals surface area contributed by atoms with Gasteiger partial charge in [-0.15, -0.1) is 0 Å². The van der Waals surface area contributed by atoms with Crippen molar-refractivity contribution in [2.45, 2.75) is 0 Å². The zero-order valence-corrected chi connectivity index (χ0v) is 31.9. The average molecular weight is 745 g/mol. The lowest BCUT2D eigenvalue weighted by molar-refractivity contribution is 1.32. The van der Waals surface area contributed by atoms with Crippen LogP contribution >= 0.6 is 14.0 Å². The second kappa shape index (κ2) is 13.6. The topological polar surface area (TPSA) is 17.3 Å². The van der Waals surface area contributed by atoms with E-state index in [0.29, 0.717) is 0 Å². The van der Waals surface area contributed by atoms with Gasteiger partial charge in [-0.25, -0.2) is 4.98 Å². The Labute approximate surface area is 321 Å². The summed E-state index contributed by atoms with van der Waals surface area (Å²) in [6, 6.07) is 72.2. The molecule has 5 heteroatoms. The van der Waals surface area contributed by atoms with Gasteiger partial charge in [0, 0.05) is 16.8 Å². The summed E-state index contributed by atoms with van der Waals surface area (Å²) in [5, 5.41) is 11.0. The molecule has 10 aromatic rings. The molecule has 0 atom stereocenters. The lowest BCUT2D eigenvalue weighted by Gasteiger charge is -2.25. The zero-order chi connectivity index (χ0) is 36.1. The van der Waals surface area contributed by atoms with Crippen LogP contribution in [-0.4, -0.2) is 9.38 Å². The van der Waals surface area contributed by atoms with Gasteiger partial charge in [0.1, 0.15) is 5.65 Å². The smallest absolute Gasteiger partial charge is 0.146 e. The summed E-state index contributed by atoms with van der Waals surface area (Å²) in [4.78, 5) is 5.44. The number of pyridine rings is 1. The van der Waals surface area contributed by atoms with E-state index >= 15 is 0 Å². The highest BCUT2D eigenvalue weighted by molar-refractivity contribution is 8.25. The normalized spacial score (nSPS) is 11.9. The second-order valence-electron chi connectivity index (χ2n) is 13.6. The first-order chi connectivity index (χ1) is 26.7. The molecular formula is C49H34N2P2S. The van der Waals surface area contributed by atoms with Crippen molar-refractivity contribution >= 4 is 95.9 Å². The summed E-state index contributed by atoms with van der Waals surface area (Å²) in [6.07, 6.45) is 0. The summed E-state index contributed by atoms with van der Waals surface area (Å²) in [5.41, 5.74) is 6.48. The fraction of sp³-hybridized carbons (Fsp3) is 0. The minimum atomic E-state index is -2.41. The van der Waals surface area contributed by atoms with E-state index < -0.39 is 14.0 Å². The molecule has 8 aromatic carbocycles. The van der Waals surface area contributed by atoms with E-state index in [9.17, 15) is 0 Å². The van der Waals surface area contributed by atoms with Crippen molar-refractivity contribution < 1.29 is 0 Å². The number of imidazole rings is 1. The minimum absolute atomic E-state index is 0.796. The van der Waals surface area contributed by atoms with Crippen LogP contribution in [0.15, 0.2) is 206 Å². The molecule has 0 unspecified atom stereocenters. The fourth-order valence-corrected chi connectivity index (χ4v) is 13.9. The van der Waals surface area contributed by atoms with E-state index in [2.05, 4.69) is 211 Å². The number of fused-ring (bicyclic) bond motifs is 8. The van der Waals surface area contributed by atoms with Crippen LogP contribution in [0.25, 0.3) is 49.5 Å². The van der Waals surface area contributed by atoms with Gasteiger partial charge < -0.3 is 0 Å². The van der Waals surface area contributed by atoms with Gasteiger partial charge >= 0.3 is 0 Å². The van der Waals surface area contributed by atoms with Crippen molar-refractivity contribution in [2.24, 2.45) is 0 Å². The molecule has 2 nitrogen and oxygen atoms in total. The van der Waals surface area contributed by atoms with Crippen LogP contribution in [0.1, 0.15) is 0 Å². The summed E-state index contributed by atoms with van der Waals surface area (Å²) in [7, 11) is -0.796. The molecular weight excluding hydrogens is 711 g/mol. The average Bonchev–Trinajstić information content (AvgIpc) is 3.65. The lowest BCUT2D eigenvalue weighted by atomic mass is 10.0. The van der Waals surface area contributed by atoms with Crippen LogP contribution in [-0.2, 0) is 11.8 Å². The maximum atomic E-state index is 6.87. The summed E-state index contributed by atoms with van der Waals surface area (Å²) in [6.45, 7) is 0.